The molecule has 0 atom stereocenters. The van der Waals surface area contributed by atoms with Gasteiger partial charge in [-0.25, -0.2) is 4.98 Å². The highest BCUT2D eigenvalue weighted by Gasteiger charge is 2.13. The van der Waals surface area contributed by atoms with E-state index in [1.54, 1.807) is 18.4 Å². The Morgan fingerprint density at radius 3 is 2.67 bits per heavy atom. The first-order chi connectivity index (χ1) is 10.0. The average Bonchev–Trinajstić information content (AvgIpc) is 2.76. The van der Waals surface area contributed by atoms with Crippen LogP contribution >= 0.6 is 22.9 Å². The fourth-order valence-corrected chi connectivity index (χ4v) is 3.09. The lowest BCUT2D eigenvalue weighted by atomic mass is 10.1. The van der Waals surface area contributed by atoms with E-state index in [1.165, 1.54) is 4.88 Å². The van der Waals surface area contributed by atoms with Gasteiger partial charge in [-0.15, -0.1) is 11.3 Å². The van der Waals surface area contributed by atoms with E-state index in [-0.39, 0.29) is 0 Å². The van der Waals surface area contributed by atoms with Crippen LogP contribution in [0.15, 0.2) is 12.1 Å². The molecule has 0 unspecified atom stereocenters. The fraction of sp³-hybridized carbons (Fsp3) is 0.400. The number of benzene rings is 1. The number of aryl methyl sites for hydroxylation is 2. The van der Waals surface area contributed by atoms with Crippen LogP contribution in [-0.4, -0.2) is 18.6 Å². The lowest BCUT2D eigenvalue weighted by Crippen LogP contribution is -2.04. The van der Waals surface area contributed by atoms with Gasteiger partial charge in [0, 0.05) is 4.88 Å². The molecule has 6 heteroatoms. The van der Waals surface area contributed by atoms with Gasteiger partial charge >= 0.3 is 0 Å². The summed E-state index contributed by atoms with van der Waals surface area (Å²) in [6, 6.07) is 3.77. The minimum absolute atomic E-state index is 0.381. The molecule has 0 aliphatic rings. The van der Waals surface area contributed by atoms with E-state index in [0.29, 0.717) is 29.7 Å². The third-order valence-electron chi connectivity index (χ3n) is 3.14. The molecule has 21 heavy (non-hydrogen) atoms. The van der Waals surface area contributed by atoms with Crippen molar-refractivity contribution in [3.63, 3.8) is 0 Å². The van der Waals surface area contributed by atoms with Crippen LogP contribution in [0.3, 0.4) is 0 Å². The van der Waals surface area contributed by atoms with Crippen molar-refractivity contribution in [3.8, 4) is 11.5 Å². The molecule has 4 nitrogen and oxygen atoms in total. The van der Waals surface area contributed by atoms with Crippen molar-refractivity contribution < 1.29 is 9.47 Å². The molecule has 0 aliphatic carbocycles. The molecule has 0 amide bonds. The van der Waals surface area contributed by atoms with Gasteiger partial charge in [0.1, 0.15) is 11.6 Å². The Balaban J connectivity index is 2.18. The Hall–Kier alpha value is -1.30. The molecule has 1 aromatic heterocycles. The summed E-state index contributed by atoms with van der Waals surface area (Å²) < 4.78 is 11.2. The quantitative estimate of drug-likeness (QED) is 0.882. The molecule has 0 radical (unpaired) electrons. The highest BCUT2D eigenvalue weighted by Crippen LogP contribution is 2.37. The number of nitrogens with two attached hydrogens (primary N) is 1. The van der Waals surface area contributed by atoms with Crippen LogP contribution in [0.1, 0.15) is 21.1 Å². The number of nitrogens with zero attached hydrogens (tertiary/aromatic N) is 1. The van der Waals surface area contributed by atoms with Crippen molar-refractivity contribution in [1.82, 2.24) is 4.98 Å². The predicted octanol–water partition coefficient (Wildman–Crippen LogP) is 3.50. The molecule has 2 aromatic rings. The zero-order chi connectivity index (χ0) is 15.4. The van der Waals surface area contributed by atoms with Gasteiger partial charge in [0.05, 0.1) is 17.8 Å². The Morgan fingerprint density at radius 1 is 1.33 bits per heavy atom. The number of ether oxygens (including phenoxy) is 2. The lowest BCUT2D eigenvalue weighted by molar-refractivity contribution is 0.284. The standard InChI is InChI=1S/C15H19ClN2O2S/c1-9-10(2)21-14(18-9)8-20-15-12(16)6-11(4-5-17)7-13(15)19-3/h6-7H,4-5,8,17H2,1-3H3. The third-order valence-corrected chi connectivity index (χ3v) is 4.46. The van der Waals surface area contributed by atoms with E-state index in [2.05, 4.69) is 4.98 Å². The Morgan fingerprint density at radius 2 is 2.10 bits per heavy atom. The maximum Gasteiger partial charge on any atom is 0.180 e. The first kappa shape index (κ1) is 16.1. The number of aromatic nitrogens is 1. The Bertz CT molecular complexity index is 609. The SMILES string of the molecule is COc1cc(CCN)cc(Cl)c1OCc1nc(C)c(C)s1. The highest BCUT2D eigenvalue weighted by atomic mass is 35.5. The van der Waals surface area contributed by atoms with Crippen LogP contribution in [0.2, 0.25) is 5.02 Å². The second kappa shape index (κ2) is 7.11. The minimum atomic E-state index is 0.381. The van der Waals surface area contributed by atoms with Crippen molar-refractivity contribution in [2.24, 2.45) is 5.73 Å². The summed E-state index contributed by atoms with van der Waals surface area (Å²) in [6.45, 7) is 4.99. The summed E-state index contributed by atoms with van der Waals surface area (Å²) in [6.07, 6.45) is 0.751. The van der Waals surface area contributed by atoms with Crippen LogP contribution in [0, 0.1) is 13.8 Å². The largest absolute Gasteiger partial charge is 0.493 e. The number of hydrogen-bond donors (Lipinski definition) is 1. The Kier molecular flexibility index (Phi) is 5.45. The van der Waals surface area contributed by atoms with E-state index in [1.807, 2.05) is 26.0 Å². The maximum absolute atomic E-state index is 6.29. The number of halogens is 1. The van der Waals surface area contributed by atoms with E-state index in [4.69, 9.17) is 26.8 Å². The fourth-order valence-electron chi connectivity index (χ4n) is 1.96. The number of rotatable bonds is 6. The van der Waals surface area contributed by atoms with E-state index >= 15 is 0 Å². The summed E-state index contributed by atoms with van der Waals surface area (Å²) in [5.74, 6) is 1.17. The lowest BCUT2D eigenvalue weighted by Gasteiger charge is -2.13. The van der Waals surface area contributed by atoms with Gasteiger partial charge in [0.2, 0.25) is 0 Å². The molecule has 1 heterocycles. The molecule has 1 aromatic carbocycles. The van der Waals surface area contributed by atoms with Crippen LogP contribution in [0.4, 0.5) is 0 Å². The molecular formula is C15H19ClN2O2S. The molecule has 0 saturated heterocycles. The summed E-state index contributed by atoms with van der Waals surface area (Å²) in [4.78, 5) is 5.65. The van der Waals surface area contributed by atoms with Gasteiger partial charge in [0.25, 0.3) is 0 Å². The first-order valence-corrected chi connectivity index (χ1v) is 7.86. The Labute approximate surface area is 133 Å². The number of methoxy groups -OCH3 is 1. The minimum Gasteiger partial charge on any atom is -0.493 e. The van der Waals surface area contributed by atoms with Crippen molar-refractivity contribution in [1.29, 1.82) is 0 Å². The van der Waals surface area contributed by atoms with Crippen molar-refractivity contribution in [2.75, 3.05) is 13.7 Å². The monoisotopic (exact) mass is 326 g/mol. The van der Waals surface area contributed by atoms with Crippen LogP contribution < -0.4 is 15.2 Å². The van der Waals surface area contributed by atoms with E-state index in [0.717, 1.165) is 22.7 Å². The van der Waals surface area contributed by atoms with Crippen LogP contribution in [0.5, 0.6) is 11.5 Å². The van der Waals surface area contributed by atoms with Crippen LogP contribution in [0.25, 0.3) is 0 Å². The molecule has 0 bridgehead atoms. The highest BCUT2D eigenvalue weighted by molar-refractivity contribution is 7.11. The molecule has 0 aliphatic heterocycles. The van der Waals surface area contributed by atoms with E-state index in [9.17, 15) is 0 Å². The predicted molar refractivity (Wildman–Crippen MR) is 86.7 cm³/mol. The molecule has 0 spiro atoms. The van der Waals surface area contributed by atoms with Gasteiger partial charge < -0.3 is 15.2 Å². The van der Waals surface area contributed by atoms with Crippen molar-refractivity contribution in [2.45, 2.75) is 26.9 Å². The van der Waals surface area contributed by atoms with Gasteiger partial charge in [-0.05, 0) is 44.5 Å². The molecular weight excluding hydrogens is 308 g/mol. The second-order valence-corrected chi connectivity index (χ2v) is 6.38. The maximum atomic E-state index is 6.29. The van der Waals surface area contributed by atoms with E-state index < -0.39 is 0 Å². The summed E-state index contributed by atoms with van der Waals surface area (Å²) in [5, 5.41) is 1.46. The zero-order valence-corrected chi connectivity index (χ0v) is 14.0. The first-order valence-electron chi connectivity index (χ1n) is 6.67. The third kappa shape index (κ3) is 3.87. The van der Waals surface area contributed by atoms with Gasteiger partial charge in [-0.1, -0.05) is 11.6 Å². The summed E-state index contributed by atoms with van der Waals surface area (Å²) in [7, 11) is 1.60. The second-order valence-electron chi connectivity index (χ2n) is 4.69. The summed E-state index contributed by atoms with van der Waals surface area (Å²) >= 11 is 7.92. The van der Waals surface area contributed by atoms with Crippen molar-refractivity contribution in [3.05, 3.63) is 38.3 Å². The summed E-state index contributed by atoms with van der Waals surface area (Å²) in [5.41, 5.74) is 7.64. The van der Waals surface area contributed by atoms with Crippen LogP contribution in [-0.2, 0) is 13.0 Å². The topological polar surface area (TPSA) is 57.4 Å². The molecule has 114 valence electrons. The number of thiazole rings is 1. The molecule has 0 saturated carbocycles. The van der Waals surface area contributed by atoms with Crippen molar-refractivity contribution >= 4 is 22.9 Å². The molecule has 2 N–H and O–H groups in total. The normalized spacial score (nSPS) is 10.7. The number of hydrogen-bond acceptors (Lipinski definition) is 5. The smallest absolute Gasteiger partial charge is 0.180 e. The molecule has 2 rings (SSSR count). The van der Waals surface area contributed by atoms with Gasteiger partial charge in [0.15, 0.2) is 11.5 Å². The molecule has 0 fully saturated rings. The van der Waals surface area contributed by atoms with Gasteiger partial charge in [-0.2, -0.15) is 0 Å². The zero-order valence-electron chi connectivity index (χ0n) is 12.4. The van der Waals surface area contributed by atoms with Gasteiger partial charge in [-0.3, -0.25) is 0 Å². The average molecular weight is 327 g/mol.